The Balaban J connectivity index is 1.89. The van der Waals surface area contributed by atoms with E-state index in [1.807, 2.05) is 54.1 Å². The van der Waals surface area contributed by atoms with E-state index in [2.05, 4.69) is 0 Å². The van der Waals surface area contributed by atoms with E-state index in [9.17, 15) is 14.4 Å². The molecule has 1 aliphatic rings. The largest absolute Gasteiger partial charge is 0.464 e. The SMILES string of the molecule is CCOC(=O)C(C)N1C(=O)S/C(=C/c2cccn2-c2cccc(C)c2)C1=O. The van der Waals surface area contributed by atoms with Crippen molar-refractivity contribution in [1.82, 2.24) is 9.47 Å². The molecule has 27 heavy (non-hydrogen) atoms. The topological polar surface area (TPSA) is 68.6 Å². The maximum Gasteiger partial charge on any atom is 0.329 e. The van der Waals surface area contributed by atoms with Crippen LogP contribution in [-0.4, -0.2) is 39.2 Å². The van der Waals surface area contributed by atoms with Crippen LogP contribution in [0.3, 0.4) is 0 Å². The van der Waals surface area contributed by atoms with Crippen molar-refractivity contribution in [3.63, 3.8) is 0 Å². The van der Waals surface area contributed by atoms with E-state index in [-0.39, 0.29) is 11.5 Å². The summed E-state index contributed by atoms with van der Waals surface area (Å²) in [7, 11) is 0. The van der Waals surface area contributed by atoms with Crippen LogP contribution in [0.5, 0.6) is 0 Å². The molecule has 2 amide bonds. The normalized spacial score (nSPS) is 16.9. The quantitative estimate of drug-likeness (QED) is 0.580. The summed E-state index contributed by atoms with van der Waals surface area (Å²) in [6, 6.07) is 10.8. The van der Waals surface area contributed by atoms with Crippen LogP contribution >= 0.6 is 11.8 Å². The Labute approximate surface area is 161 Å². The molecule has 0 aliphatic carbocycles. The molecule has 0 spiro atoms. The van der Waals surface area contributed by atoms with Crippen LogP contribution in [0.1, 0.15) is 25.1 Å². The maximum atomic E-state index is 12.7. The summed E-state index contributed by atoms with van der Waals surface area (Å²) in [6.45, 7) is 5.37. The number of aromatic nitrogens is 1. The molecule has 7 heteroatoms. The molecule has 3 rings (SSSR count). The molecule has 0 bridgehead atoms. The summed E-state index contributed by atoms with van der Waals surface area (Å²) in [6.07, 6.45) is 3.57. The number of amides is 2. The first-order valence-electron chi connectivity index (χ1n) is 8.60. The highest BCUT2D eigenvalue weighted by molar-refractivity contribution is 8.18. The first kappa shape index (κ1) is 19.0. The molecule has 2 aromatic rings. The Kier molecular flexibility index (Phi) is 5.51. The number of nitrogens with zero attached hydrogens (tertiary/aromatic N) is 2. The maximum absolute atomic E-state index is 12.7. The van der Waals surface area contributed by atoms with Crippen molar-refractivity contribution in [3.05, 3.63) is 58.8 Å². The number of carbonyl (C=O) groups excluding carboxylic acids is 3. The molecule has 1 aliphatic heterocycles. The van der Waals surface area contributed by atoms with Gasteiger partial charge in [-0.3, -0.25) is 14.5 Å². The average molecular weight is 384 g/mol. The minimum atomic E-state index is -0.952. The van der Waals surface area contributed by atoms with Gasteiger partial charge in [-0.05, 0) is 68.4 Å². The highest BCUT2D eigenvalue weighted by Gasteiger charge is 2.41. The first-order valence-corrected chi connectivity index (χ1v) is 9.42. The second-order valence-electron chi connectivity index (χ2n) is 6.12. The van der Waals surface area contributed by atoms with Gasteiger partial charge in [0.1, 0.15) is 6.04 Å². The van der Waals surface area contributed by atoms with Gasteiger partial charge < -0.3 is 9.30 Å². The summed E-state index contributed by atoms with van der Waals surface area (Å²) >= 11 is 0.828. The van der Waals surface area contributed by atoms with Crippen LogP contribution in [0.4, 0.5) is 4.79 Å². The number of benzene rings is 1. The van der Waals surface area contributed by atoms with E-state index in [0.29, 0.717) is 0 Å². The van der Waals surface area contributed by atoms with Gasteiger partial charge in [0.25, 0.3) is 11.1 Å². The van der Waals surface area contributed by atoms with Crippen LogP contribution in [0.15, 0.2) is 47.5 Å². The second kappa shape index (κ2) is 7.84. The molecule has 0 N–H and O–H groups in total. The average Bonchev–Trinajstić information content (AvgIpc) is 3.19. The zero-order chi connectivity index (χ0) is 19.6. The third kappa shape index (κ3) is 3.83. The molecular formula is C20H20N2O4S. The molecule has 1 saturated heterocycles. The Bertz CT molecular complexity index is 932. The number of thioether (sulfide) groups is 1. The zero-order valence-corrected chi connectivity index (χ0v) is 16.2. The molecule has 140 valence electrons. The molecule has 1 atom stereocenters. The number of aryl methyl sites for hydroxylation is 1. The smallest absolute Gasteiger partial charge is 0.329 e. The lowest BCUT2D eigenvalue weighted by atomic mass is 10.2. The number of ether oxygens (including phenoxy) is 1. The fourth-order valence-corrected chi connectivity index (χ4v) is 3.73. The predicted octanol–water partition coefficient (Wildman–Crippen LogP) is 3.77. The Morgan fingerprint density at radius 3 is 2.74 bits per heavy atom. The van der Waals surface area contributed by atoms with Crippen molar-refractivity contribution in [1.29, 1.82) is 0 Å². The molecule has 6 nitrogen and oxygen atoms in total. The lowest BCUT2D eigenvalue weighted by Crippen LogP contribution is -2.42. The van der Waals surface area contributed by atoms with E-state index in [0.717, 1.165) is 33.6 Å². The summed E-state index contributed by atoms with van der Waals surface area (Å²) in [4.78, 5) is 38.1. The van der Waals surface area contributed by atoms with E-state index in [4.69, 9.17) is 4.74 Å². The van der Waals surface area contributed by atoms with Gasteiger partial charge in [0.15, 0.2) is 0 Å². The van der Waals surface area contributed by atoms with Gasteiger partial charge in [-0.2, -0.15) is 0 Å². The van der Waals surface area contributed by atoms with Gasteiger partial charge in [-0.25, -0.2) is 4.79 Å². The van der Waals surface area contributed by atoms with Crippen LogP contribution in [0, 0.1) is 6.92 Å². The highest BCUT2D eigenvalue weighted by Crippen LogP contribution is 2.34. The Morgan fingerprint density at radius 2 is 2.04 bits per heavy atom. The summed E-state index contributed by atoms with van der Waals surface area (Å²) in [5.74, 6) is -1.08. The highest BCUT2D eigenvalue weighted by atomic mass is 32.2. The lowest BCUT2D eigenvalue weighted by Gasteiger charge is -2.19. The van der Waals surface area contributed by atoms with Crippen LogP contribution in [0.2, 0.25) is 0 Å². The number of esters is 1. The predicted molar refractivity (Wildman–Crippen MR) is 104 cm³/mol. The van der Waals surface area contributed by atoms with E-state index < -0.39 is 23.2 Å². The minimum Gasteiger partial charge on any atom is -0.464 e. The fourth-order valence-electron chi connectivity index (χ4n) is 2.84. The van der Waals surface area contributed by atoms with Crippen molar-refractivity contribution in [2.45, 2.75) is 26.8 Å². The number of rotatable bonds is 5. The standard InChI is InChI=1S/C20H20N2O4S/c1-4-26-19(24)14(3)22-18(23)17(27-20(22)25)12-16-9-6-10-21(16)15-8-5-7-13(2)11-15/h5-12,14H,4H2,1-3H3/b17-12+. The molecule has 1 aromatic heterocycles. The van der Waals surface area contributed by atoms with Crippen molar-refractivity contribution < 1.29 is 19.1 Å². The number of hydrogen-bond donors (Lipinski definition) is 0. The molecule has 1 aromatic carbocycles. The number of hydrogen-bond acceptors (Lipinski definition) is 5. The van der Waals surface area contributed by atoms with E-state index in [1.165, 1.54) is 6.92 Å². The fraction of sp³-hybridized carbons (Fsp3) is 0.250. The molecule has 2 heterocycles. The van der Waals surface area contributed by atoms with E-state index in [1.54, 1.807) is 13.0 Å². The van der Waals surface area contributed by atoms with Gasteiger partial charge in [0.2, 0.25) is 0 Å². The molecule has 0 radical (unpaired) electrons. The lowest BCUT2D eigenvalue weighted by molar-refractivity contribution is -0.150. The third-order valence-electron chi connectivity index (χ3n) is 4.18. The number of imide groups is 1. The number of carbonyl (C=O) groups is 3. The van der Waals surface area contributed by atoms with Gasteiger partial charge in [-0.1, -0.05) is 12.1 Å². The monoisotopic (exact) mass is 384 g/mol. The first-order chi connectivity index (χ1) is 12.9. The molecule has 0 saturated carbocycles. The van der Waals surface area contributed by atoms with Crippen LogP contribution in [-0.2, 0) is 14.3 Å². The van der Waals surface area contributed by atoms with Gasteiger partial charge in [0.05, 0.1) is 11.5 Å². The third-order valence-corrected chi connectivity index (χ3v) is 5.06. The van der Waals surface area contributed by atoms with Crippen molar-refractivity contribution in [3.8, 4) is 5.69 Å². The molecule has 1 fully saturated rings. The van der Waals surface area contributed by atoms with Crippen molar-refractivity contribution >= 4 is 35.0 Å². The Hall–Kier alpha value is -2.80. The van der Waals surface area contributed by atoms with Gasteiger partial charge >= 0.3 is 5.97 Å². The molecule has 1 unspecified atom stereocenters. The Morgan fingerprint density at radius 1 is 1.26 bits per heavy atom. The van der Waals surface area contributed by atoms with Crippen molar-refractivity contribution in [2.24, 2.45) is 0 Å². The molecular weight excluding hydrogens is 364 g/mol. The van der Waals surface area contributed by atoms with Crippen molar-refractivity contribution in [2.75, 3.05) is 6.61 Å². The second-order valence-corrected chi connectivity index (χ2v) is 7.11. The van der Waals surface area contributed by atoms with Crippen LogP contribution < -0.4 is 0 Å². The van der Waals surface area contributed by atoms with Gasteiger partial charge in [0, 0.05) is 17.6 Å². The zero-order valence-electron chi connectivity index (χ0n) is 15.3. The summed E-state index contributed by atoms with van der Waals surface area (Å²) in [5.41, 5.74) is 2.86. The summed E-state index contributed by atoms with van der Waals surface area (Å²) in [5, 5.41) is -0.472. The van der Waals surface area contributed by atoms with Gasteiger partial charge in [-0.15, -0.1) is 0 Å². The summed E-state index contributed by atoms with van der Waals surface area (Å²) < 4.78 is 6.86. The van der Waals surface area contributed by atoms with E-state index >= 15 is 0 Å². The van der Waals surface area contributed by atoms with Crippen LogP contribution in [0.25, 0.3) is 11.8 Å². The minimum absolute atomic E-state index is 0.194.